The Bertz CT molecular complexity index is 1230. The van der Waals surface area contributed by atoms with Crippen LogP contribution in [0.25, 0.3) is 32.9 Å². The highest BCUT2D eigenvalue weighted by Crippen LogP contribution is 2.37. The molecule has 0 saturated carbocycles. The lowest BCUT2D eigenvalue weighted by Gasteiger charge is -2.26. The Morgan fingerprint density at radius 3 is 2.47 bits per heavy atom. The molecular weight excluding hydrogens is 378 g/mol. The molecule has 0 aliphatic carbocycles. The van der Waals surface area contributed by atoms with E-state index in [0.717, 1.165) is 54.6 Å². The van der Waals surface area contributed by atoms with Crippen LogP contribution in [-0.2, 0) is 4.74 Å². The highest BCUT2D eigenvalue weighted by atomic mass is 16.5. The van der Waals surface area contributed by atoms with E-state index < -0.39 is 0 Å². The third-order valence-corrected chi connectivity index (χ3v) is 5.57. The summed E-state index contributed by atoms with van der Waals surface area (Å²) in [6, 6.07) is 21.5. The second-order valence-corrected chi connectivity index (χ2v) is 7.43. The van der Waals surface area contributed by atoms with Gasteiger partial charge in [0.15, 0.2) is 0 Å². The Morgan fingerprint density at radius 2 is 1.63 bits per heavy atom. The fourth-order valence-electron chi connectivity index (χ4n) is 4.01. The first-order chi connectivity index (χ1) is 14.8. The number of rotatable bonds is 5. The summed E-state index contributed by atoms with van der Waals surface area (Å²) in [5.41, 5.74) is 1.45. The Hall–Kier alpha value is -3.15. The molecule has 5 nitrogen and oxygen atoms in total. The first kappa shape index (κ1) is 18.9. The van der Waals surface area contributed by atoms with Gasteiger partial charge in [-0.05, 0) is 17.0 Å². The second-order valence-electron chi connectivity index (χ2n) is 7.43. The van der Waals surface area contributed by atoms with Crippen LogP contribution in [0.2, 0.25) is 0 Å². The van der Waals surface area contributed by atoms with Gasteiger partial charge in [-0.2, -0.15) is 0 Å². The van der Waals surface area contributed by atoms with E-state index in [1.165, 1.54) is 0 Å². The van der Waals surface area contributed by atoms with E-state index >= 15 is 0 Å². The summed E-state index contributed by atoms with van der Waals surface area (Å²) < 4.78 is 17.5. The van der Waals surface area contributed by atoms with E-state index in [2.05, 4.69) is 4.90 Å². The van der Waals surface area contributed by atoms with Crippen molar-refractivity contribution in [2.75, 3.05) is 39.5 Å². The predicted octanol–water partition coefficient (Wildman–Crippen LogP) is 4.32. The van der Waals surface area contributed by atoms with Crippen molar-refractivity contribution in [1.82, 2.24) is 4.90 Å². The van der Waals surface area contributed by atoms with Crippen molar-refractivity contribution in [3.05, 3.63) is 77.2 Å². The molecule has 5 rings (SSSR count). The number of hydrogen-bond donors (Lipinski definition) is 0. The zero-order valence-corrected chi connectivity index (χ0v) is 16.7. The van der Waals surface area contributed by atoms with Crippen LogP contribution in [0.4, 0.5) is 0 Å². The monoisotopic (exact) mass is 401 g/mol. The topological polar surface area (TPSA) is 51.9 Å². The van der Waals surface area contributed by atoms with Crippen LogP contribution in [0.1, 0.15) is 0 Å². The summed E-state index contributed by atoms with van der Waals surface area (Å²) >= 11 is 0. The lowest BCUT2D eigenvalue weighted by Crippen LogP contribution is -2.38. The summed E-state index contributed by atoms with van der Waals surface area (Å²) in [7, 11) is 0. The van der Waals surface area contributed by atoms with Gasteiger partial charge in [0.05, 0.1) is 18.6 Å². The predicted molar refractivity (Wildman–Crippen MR) is 118 cm³/mol. The van der Waals surface area contributed by atoms with Gasteiger partial charge in [-0.15, -0.1) is 0 Å². The van der Waals surface area contributed by atoms with Crippen molar-refractivity contribution in [2.24, 2.45) is 0 Å². The molecule has 152 valence electrons. The molecule has 0 amide bonds. The molecule has 0 radical (unpaired) electrons. The minimum Gasteiger partial charge on any atom is -0.491 e. The molecule has 2 heterocycles. The number of benzene rings is 3. The molecule has 30 heavy (non-hydrogen) atoms. The molecule has 4 aromatic rings. The van der Waals surface area contributed by atoms with Crippen LogP contribution in [-0.4, -0.2) is 44.4 Å². The number of ether oxygens (including phenoxy) is 2. The smallest absolute Gasteiger partial charge is 0.348 e. The number of morpholine rings is 1. The quantitative estimate of drug-likeness (QED) is 0.368. The number of nitrogens with zero attached hydrogens (tertiary/aromatic N) is 1. The first-order valence-corrected chi connectivity index (χ1v) is 10.3. The van der Waals surface area contributed by atoms with Crippen molar-refractivity contribution in [1.29, 1.82) is 0 Å². The van der Waals surface area contributed by atoms with Gasteiger partial charge in [-0.3, -0.25) is 4.90 Å². The third kappa shape index (κ3) is 3.58. The molecule has 1 aliphatic rings. The van der Waals surface area contributed by atoms with Gasteiger partial charge in [0, 0.05) is 25.0 Å². The summed E-state index contributed by atoms with van der Waals surface area (Å²) in [5, 5.41) is 2.75. The minimum absolute atomic E-state index is 0.383. The average Bonchev–Trinajstić information content (AvgIpc) is 2.80. The van der Waals surface area contributed by atoms with E-state index in [9.17, 15) is 4.79 Å². The molecule has 3 aromatic carbocycles. The summed E-state index contributed by atoms with van der Waals surface area (Å²) in [6.45, 7) is 4.57. The van der Waals surface area contributed by atoms with E-state index in [1.807, 2.05) is 66.7 Å². The molecule has 0 unspecified atom stereocenters. The Labute approximate surface area is 174 Å². The molecular formula is C25H23NO4. The summed E-state index contributed by atoms with van der Waals surface area (Å²) in [6.07, 6.45) is 0. The second kappa shape index (κ2) is 8.30. The molecule has 0 spiro atoms. The summed E-state index contributed by atoms with van der Waals surface area (Å²) in [4.78, 5) is 15.4. The number of fused-ring (bicyclic) bond motifs is 3. The zero-order chi connectivity index (χ0) is 20.3. The maximum Gasteiger partial charge on any atom is 0.348 e. The van der Waals surface area contributed by atoms with Crippen molar-refractivity contribution in [3.8, 4) is 16.9 Å². The third-order valence-electron chi connectivity index (χ3n) is 5.57. The zero-order valence-electron chi connectivity index (χ0n) is 16.7. The molecule has 1 aliphatic heterocycles. The van der Waals surface area contributed by atoms with Gasteiger partial charge < -0.3 is 13.9 Å². The van der Waals surface area contributed by atoms with E-state index in [4.69, 9.17) is 13.9 Å². The molecule has 0 atom stereocenters. The van der Waals surface area contributed by atoms with E-state index in [1.54, 1.807) is 0 Å². The van der Waals surface area contributed by atoms with Gasteiger partial charge in [-0.25, -0.2) is 4.79 Å². The van der Waals surface area contributed by atoms with Gasteiger partial charge >= 0.3 is 5.63 Å². The molecule has 1 aromatic heterocycles. The van der Waals surface area contributed by atoms with Crippen LogP contribution in [0.5, 0.6) is 5.75 Å². The van der Waals surface area contributed by atoms with Crippen molar-refractivity contribution in [2.45, 2.75) is 0 Å². The van der Waals surface area contributed by atoms with Crippen LogP contribution < -0.4 is 10.4 Å². The maximum absolute atomic E-state index is 13.1. The van der Waals surface area contributed by atoms with Crippen LogP contribution in [0.15, 0.2) is 75.9 Å². The van der Waals surface area contributed by atoms with Crippen molar-refractivity contribution in [3.63, 3.8) is 0 Å². The highest BCUT2D eigenvalue weighted by molar-refractivity contribution is 6.07. The Balaban J connectivity index is 1.62. The average molecular weight is 401 g/mol. The Morgan fingerprint density at radius 1 is 0.867 bits per heavy atom. The molecule has 1 saturated heterocycles. The lowest BCUT2D eigenvalue weighted by atomic mass is 10.0. The van der Waals surface area contributed by atoms with Gasteiger partial charge in [0.1, 0.15) is 23.5 Å². The van der Waals surface area contributed by atoms with Crippen LogP contribution >= 0.6 is 0 Å². The minimum atomic E-state index is -0.383. The Kier molecular flexibility index (Phi) is 5.22. The van der Waals surface area contributed by atoms with Gasteiger partial charge in [0.2, 0.25) is 0 Å². The fourth-order valence-corrected chi connectivity index (χ4v) is 4.01. The molecule has 1 fully saturated rings. The first-order valence-electron chi connectivity index (χ1n) is 10.3. The fraction of sp³-hybridized carbons (Fsp3) is 0.240. The largest absolute Gasteiger partial charge is 0.491 e. The standard InChI is InChI=1S/C25H23NO4/c27-25-22(19-7-2-1-3-8-19)24(29-17-14-26-12-15-28-16-13-26)21-11-10-18-6-4-5-9-20(18)23(21)30-25/h1-11H,12-17H2. The van der Waals surface area contributed by atoms with Crippen LogP contribution in [0.3, 0.4) is 0 Å². The van der Waals surface area contributed by atoms with Crippen LogP contribution in [0, 0.1) is 0 Å². The van der Waals surface area contributed by atoms with E-state index in [0.29, 0.717) is 23.5 Å². The highest BCUT2D eigenvalue weighted by Gasteiger charge is 2.20. The summed E-state index contributed by atoms with van der Waals surface area (Å²) in [5.74, 6) is 0.589. The lowest BCUT2D eigenvalue weighted by molar-refractivity contribution is 0.0323. The van der Waals surface area contributed by atoms with Gasteiger partial charge in [0.25, 0.3) is 0 Å². The molecule has 0 bridgehead atoms. The van der Waals surface area contributed by atoms with E-state index in [-0.39, 0.29) is 5.63 Å². The SMILES string of the molecule is O=c1oc2c(ccc3ccccc32)c(OCCN2CCOCC2)c1-c1ccccc1. The normalized spacial score (nSPS) is 14.9. The van der Waals surface area contributed by atoms with Crippen molar-refractivity contribution < 1.29 is 13.9 Å². The molecule has 0 N–H and O–H groups in total. The van der Waals surface area contributed by atoms with Gasteiger partial charge in [-0.1, -0.05) is 60.7 Å². The number of hydrogen-bond acceptors (Lipinski definition) is 5. The molecule has 5 heteroatoms. The maximum atomic E-state index is 13.1. The van der Waals surface area contributed by atoms with Crippen molar-refractivity contribution >= 4 is 21.7 Å².